The van der Waals surface area contributed by atoms with Gasteiger partial charge in [-0.25, -0.2) is 4.79 Å². The number of hydrogen-bond donors (Lipinski definition) is 1. The molecule has 0 aliphatic rings. The second-order valence-electron chi connectivity index (χ2n) is 2.76. The van der Waals surface area contributed by atoms with Crippen LogP contribution >= 0.6 is 0 Å². The molecule has 0 aliphatic heterocycles. The van der Waals surface area contributed by atoms with Crippen molar-refractivity contribution in [2.45, 2.75) is 0 Å². The summed E-state index contributed by atoms with van der Waals surface area (Å²) in [7, 11) is 1.23. The summed E-state index contributed by atoms with van der Waals surface area (Å²) in [6, 6.07) is 4.40. The third kappa shape index (κ3) is 2.67. The van der Waals surface area contributed by atoms with E-state index in [0.717, 1.165) is 0 Å². The van der Waals surface area contributed by atoms with E-state index in [4.69, 9.17) is 0 Å². The summed E-state index contributed by atoms with van der Waals surface area (Å²) in [4.78, 5) is 21.3. The molecule has 78 valence electrons. The number of allylic oxidation sites excluding steroid dienone is 1. The highest BCUT2D eigenvalue weighted by Crippen LogP contribution is 2.19. The van der Waals surface area contributed by atoms with Gasteiger partial charge in [0.05, 0.1) is 7.11 Å². The molecule has 0 unspecified atom stereocenters. The molecule has 0 fully saturated rings. The van der Waals surface area contributed by atoms with E-state index in [1.807, 2.05) is 0 Å². The maximum atomic E-state index is 11.2. The van der Waals surface area contributed by atoms with E-state index in [1.54, 1.807) is 6.07 Å². The summed E-state index contributed by atoms with van der Waals surface area (Å²) in [5.41, 5.74) is 0.714. The molecule has 0 aliphatic carbocycles. The van der Waals surface area contributed by atoms with E-state index in [1.165, 1.54) is 31.4 Å². The number of aldehydes is 1. The molecule has 1 aromatic carbocycles. The number of aromatic hydroxyl groups is 1. The van der Waals surface area contributed by atoms with Gasteiger partial charge in [0.1, 0.15) is 17.6 Å². The van der Waals surface area contributed by atoms with Crippen molar-refractivity contribution < 1.29 is 19.4 Å². The second kappa shape index (κ2) is 4.95. The summed E-state index contributed by atoms with van der Waals surface area (Å²) < 4.78 is 4.48. The first-order valence-corrected chi connectivity index (χ1v) is 4.22. The normalized spacial score (nSPS) is 10.2. The highest BCUT2D eigenvalue weighted by atomic mass is 16.5. The SMILES string of the molecule is COC(=O)c1cc(/C=C/C=O)ccc1O. The monoisotopic (exact) mass is 206 g/mol. The van der Waals surface area contributed by atoms with Crippen molar-refractivity contribution >= 4 is 18.3 Å². The zero-order valence-electron chi connectivity index (χ0n) is 8.14. The number of hydrogen-bond acceptors (Lipinski definition) is 4. The number of methoxy groups -OCH3 is 1. The van der Waals surface area contributed by atoms with Crippen LogP contribution in [-0.2, 0) is 9.53 Å². The Kier molecular flexibility index (Phi) is 3.62. The van der Waals surface area contributed by atoms with Crippen molar-refractivity contribution in [3.8, 4) is 5.75 Å². The largest absolute Gasteiger partial charge is 0.507 e. The van der Waals surface area contributed by atoms with Crippen molar-refractivity contribution in [3.63, 3.8) is 0 Å². The molecule has 0 amide bonds. The zero-order chi connectivity index (χ0) is 11.3. The highest BCUT2D eigenvalue weighted by Gasteiger charge is 2.10. The maximum Gasteiger partial charge on any atom is 0.341 e. The number of carbonyl (C=O) groups excluding carboxylic acids is 2. The molecule has 0 atom stereocenters. The fraction of sp³-hybridized carbons (Fsp3) is 0.0909. The van der Waals surface area contributed by atoms with E-state index >= 15 is 0 Å². The van der Waals surface area contributed by atoms with Crippen molar-refractivity contribution in [2.24, 2.45) is 0 Å². The predicted molar refractivity (Wildman–Crippen MR) is 54.5 cm³/mol. The van der Waals surface area contributed by atoms with Gasteiger partial charge in [-0.05, 0) is 23.8 Å². The van der Waals surface area contributed by atoms with Gasteiger partial charge in [0, 0.05) is 0 Å². The summed E-state index contributed by atoms with van der Waals surface area (Å²) in [5.74, 6) is -0.765. The van der Waals surface area contributed by atoms with Gasteiger partial charge in [-0.15, -0.1) is 0 Å². The van der Waals surface area contributed by atoms with Gasteiger partial charge in [0.25, 0.3) is 0 Å². The van der Waals surface area contributed by atoms with Crippen LogP contribution in [0, 0.1) is 0 Å². The number of ether oxygens (including phenoxy) is 1. The molecule has 0 saturated heterocycles. The molecule has 0 heterocycles. The predicted octanol–water partition coefficient (Wildman–Crippen LogP) is 1.39. The molecule has 1 aromatic rings. The third-order valence-electron chi connectivity index (χ3n) is 1.79. The average molecular weight is 206 g/mol. The van der Waals surface area contributed by atoms with Crippen molar-refractivity contribution in [3.05, 3.63) is 35.4 Å². The van der Waals surface area contributed by atoms with Crippen LogP contribution in [-0.4, -0.2) is 24.5 Å². The quantitative estimate of drug-likeness (QED) is 0.461. The zero-order valence-corrected chi connectivity index (χ0v) is 8.14. The first-order chi connectivity index (χ1) is 7.19. The number of phenols is 1. The fourth-order valence-corrected chi connectivity index (χ4v) is 1.08. The van der Waals surface area contributed by atoms with Crippen molar-refractivity contribution in [2.75, 3.05) is 7.11 Å². The van der Waals surface area contributed by atoms with E-state index in [9.17, 15) is 14.7 Å². The Bertz CT molecular complexity index is 407. The number of rotatable bonds is 3. The van der Waals surface area contributed by atoms with Crippen LogP contribution in [0.4, 0.5) is 0 Å². The first-order valence-electron chi connectivity index (χ1n) is 4.22. The van der Waals surface area contributed by atoms with Crippen LogP contribution in [0.2, 0.25) is 0 Å². The molecule has 0 aromatic heterocycles. The van der Waals surface area contributed by atoms with Gasteiger partial charge in [-0.3, -0.25) is 4.79 Å². The van der Waals surface area contributed by atoms with Gasteiger partial charge < -0.3 is 9.84 Å². The molecule has 0 bridgehead atoms. The molecular formula is C11H10O4. The van der Waals surface area contributed by atoms with E-state index in [-0.39, 0.29) is 11.3 Å². The van der Waals surface area contributed by atoms with Crippen LogP contribution in [0.1, 0.15) is 15.9 Å². The lowest BCUT2D eigenvalue weighted by atomic mass is 10.1. The molecular weight excluding hydrogens is 196 g/mol. The molecule has 4 nitrogen and oxygen atoms in total. The Balaban J connectivity index is 3.10. The topological polar surface area (TPSA) is 63.6 Å². The Labute approximate surface area is 86.8 Å². The Morgan fingerprint density at radius 1 is 1.47 bits per heavy atom. The number of benzene rings is 1. The number of phenolic OH excluding ortho intramolecular Hbond substituents is 1. The first kappa shape index (κ1) is 11.0. The van der Waals surface area contributed by atoms with Crippen LogP contribution in [0.15, 0.2) is 24.3 Å². The minimum Gasteiger partial charge on any atom is -0.507 e. The Morgan fingerprint density at radius 3 is 2.80 bits per heavy atom. The van der Waals surface area contributed by atoms with Crippen LogP contribution < -0.4 is 0 Å². The van der Waals surface area contributed by atoms with E-state index in [0.29, 0.717) is 11.8 Å². The third-order valence-corrected chi connectivity index (χ3v) is 1.79. The van der Waals surface area contributed by atoms with Crippen LogP contribution in [0.25, 0.3) is 6.08 Å². The van der Waals surface area contributed by atoms with E-state index in [2.05, 4.69) is 4.74 Å². The molecule has 15 heavy (non-hydrogen) atoms. The standard InChI is InChI=1S/C11H10O4/c1-15-11(14)9-7-8(3-2-6-12)4-5-10(9)13/h2-7,13H,1H3/b3-2+. The maximum absolute atomic E-state index is 11.2. The van der Waals surface area contributed by atoms with Gasteiger partial charge in [0.2, 0.25) is 0 Å². The summed E-state index contributed by atoms with van der Waals surface area (Å²) in [6.45, 7) is 0. The van der Waals surface area contributed by atoms with Gasteiger partial charge >= 0.3 is 5.97 Å². The Hall–Kier alpha value is -2.10. The smallest absolute Gasteiger partial charge is 0.341 e. The summed E-state index contributed by atoms with van der Waals surface area (Å²) >= 11 is 0. The number of esters is 1. The fourth-order valence-electron chi connectivity index (χ4n) is 1.08. The number of carbonyl (C=O) groups is 2. The molecule has 0 spiro atoms. The van der Waals surface area contributed by atoms with E-state index < -0.39 is 5.97 Å². The Morgan fingerprint density at radius 2 is 2.20 bits per heavy atom. The molecule has 1 N–H and O–H groups in total. The van der Waals surface area contributed by atoms with Crippen molar-refractivity contribution in [1.82, 2.24) is 0 Å². The van der Waals surface area contributed by atoms with Gasteiger partial charge in [0.15, 0.2) is 0 Å². The molecule has 0 radical (unpaired) electrons. The summed E-state index contributed by atoms with van der Waals surface area (Å²) in [5, 5.41) is 9.37. The summed E-state index contributed by atoms with van der Waals surface area (Å²) in [6.07, 6.45) is 3.46. The lowest BCUT2D eigenvalue weighted by Gasteiger charge is -2.03. The molecule has 0 saturated carbocycles. The second-order valence-corrected chi connectivity index (χ2v) is 2.76. The lowest BCUT2D eigenvalue weighted by molar-refractivity contribution is -0.104. The molecule has 4 heteroatoms. The average Bonchev–Trinajstić information content (AvgIpc) is 2.27. The van der Waals surface area contributed by atoms with Crippen molar-refractivity contribution in [1.29, 1.82) is 0 Å². The van der Waals surface area contributed by atoms with Crippen LogP contribution in [0.3, 0.4) is 0 Å². The molecule has 1 rings (SSSR count). The highest BCUT2D eigenvalue weighted by molar-refractivity contribution is 5.93. The lowest BCUT2D eigenvalue weighted by Crippen LogP contribution is -2.01. The minimum absolute atomic E-state index is 0.0746. The van der Waals surface area contributed by atoms with Crippen LogP contribution in [0.5, 0.6) is 5.75 Å². The minimum atomic E-state index is -0.617. The van der Waals surface area contributed by atoms with Gasteiger partial charge in [-0.1, -0.05) is 12.1 Å². The van der Waals surface area contributed by atoms with Gasteiger partial charge in [-0.2, -0.15) is 0 Å².